The van der Waals surface area contributed by atoms with Gasteiger partial charge in [-0.15, -0.1) is 11.8 Å². The van der Waals surface area contributed by atoms with Crippen molar-refractivity contribution in [3.05, 3.63) is 30.3 Å². The minimum atomic E-state index is 0.808. The first-order chi connectivity index (χ1) is 9.36. The van der Waals surface area contributed by atoms with E-state index >= 15 is 0 Å². The monoisotopic (exact) mass is 278 g/mol. The molecule has 1 saturated heterocycles. The third-order valence-electron chi connectivity index (χ3n) is 3.87. The molecule has 3 heteroatoms. The summed E-state index contributed by atoms with van der Waals surface area (Å²) >= 11 is 1.93. The van der Waals surface area contributed by atoms with Crippen LogP contribution in [0.3, 0.4) is 0 Å². The Kier molecular flexibility index (Phi) is 6.75. The van der Waals surface area contributed by atoms with E-state index in [0.717, 1.165) is 24.9 Å². The second kappa shape index (κ2) is 8.62. The van der Waals surface area contributed by atoms with Crippen molar-refractivity contribution in [2.45, 2.75) is 36.6 Å². The Morgan fingerprint density at radius 1 is 1.21 bits per heavy atom. The third-order valence-corrected chi connectivity index (χ3v) is 4.88. The standard InChI is InChI=1S/C16H26N2S/c1-18-13-6-5-7-15(18)10-11-17-12-14-19-16-8-3-2-4-9-16/h2-4,8-9,15,17H,5-7,10-14H2,1H3. The average molecular weight is 278 g/mol. The molecule has 1 fully saturated rings. The maximum Gasteiger partial charge on any atom is 0.0106 e. The van der Waals surface area contributed by atoms with E-state index in [2.05, 4.69) is 47.6 Å². The summed E-state index contributed by atoms with van der Waals surface area (Å²) in [4.78, 5) is 3.90. The van der Waals surface area contributed by atoms with Crippen molar-refractivity contribution in [3.63, 3.8) is 0 Å². The molecule has 106 valence electrons. The number of rotatable bonds is 7. The van der Waals surface area contributed by atoms with Crippen LogP contribution in [0.4, 0.5) is 0 Å². The Labute approximate surface area is 122 Å². The number of hydrogen-bond donors (Lipinski definition) is 1. The highest BCUT2D eigenvalue weighted by Gasteiger charge is 2.17. The summed E-state index contributed by atoms with van der Waals surface area (Å²) in [6.07, 6.45) is 5.48. The maximum absolute atomic E-state index is 3.58. The fraction of sp³-hybridized carbons (Fsp3) is 0.625. The molecule has 1 aliphatic heterocycles. The summed E-state index contributed by atoms with van der Waals surface area (Å²) < 4.78 is 0. The van der Waals surface area contributed by atoms with Crippen LogP contribution in [0.2, 0.25) is 0 Å². The van der Waals surface area contributed by atoms with Gasteiger partial charge in [0.15, 0.2) is 0 Å². The first kappa shape index (κ1) is 14.9. The molecule has 1 aliphatic rings. The van der Waals surface area contributed by atoms with E-state index in [-0.39, 0.29) is 0 Å². The summed E-state index contributed by atoms with van der Waals surface area (Å²) in [5, 5.41) is 3.58. The first-order valence-corrected chi connectivity index (χ1v) is 8.43. The zero-order valence-electron chi connectivity index (χ0n) is 12.0. The summed E-state index contributed by atoms with van der Waals surface area (Å²) in [7, 11) is 2.27. The summed E-state index contributed by atoms with van der Waals surface area (Å²) in [5.41, 5.74) is 0. The molecule has 0 amide bonds. The predicted molar refractivity (Wildman–Crippen MR) is 84.9 cm³/mol. The number of nitrogens with one attached hydrogen (secondary N) is 1. The van der Waals surface area contributed by atoms with E-state index in [1.165, 1.54) is 37.1 Å². The van der Waals surface area contributed by atoms with E-state index in [4.69, 9.17) is 0 Å². The summed E-state index contributed by atoms with van der Waals surface area (Å²) in [5.74, 6) is 1.16. The Morgan fingerprint density at radius 3 is 2.84 bits per heavy atom. The number of piperidine rings is 1. The highest BCUT2D eigenvalue weighted by molar-refractivity contribution is 7.99. The van der Waals surface area contributed by atoms with Crippen molar-refractivity contribution in [3.8, 4) is 0 Å². The van der Waals surface area contributed by atoms with Crippen LogP contribution in [0.1, 0.15) is 25.7 Å². The van der Waals surface area contributed by atoms with Crippen molar-refractivity contribution in [2.75, 3.05) is 32.4 Å². The Hall–Kier alpha value is -0.510. The molecule has 1 atom stereocenters. The molecule has 0 bridgehead atoms. The Bertz CT molecular complexity index is 342. The number of hydrogen-bond acceptors (Lipinski definition) is 3. The van der Waals surface area contributed by atoms with Gasteiger partial charge in [-0.05, 0) is 51.5 Å². The fourth-order valence-electron chi connectivity index (χ4n) is 2.66. The average Bonchev–Trinajstić information content (AvgIpc) is 2.45. The third kappa shape index (κ3) is 5.55. The van der Waals surface area contributed by atoms with Crippen LogP contribution < -0.4 is 5.32 Å². The van der Waals surface area contributed by atoms with Gasteiger partial charge in [-0.2, -0.15) is 0 Å². The van der Waals surface area contributed by atoms with Gasteiger partial charge in [0.05, 0.1) is 0 Å². The molecule has 1 heterocycles. The van der Waals surface area contributed by atoms with E-state index in [0.29, 0.717) is 0 Å². The van der Waals surface area contributed by atoms with E-state index < -0.39 is 0 Å². The molecule has 0 aliphatic carbocycles. The van der Waals surface area contributed by atoms with Gasteiger partial charge in [0.25, 0.3) is 0 Å². The zero-order valence-corrected chi connectivity index (χ0v) is 12.8. The van der Waals surface area contributed by atoms with E-state index in [1.54, 1.807) is 0 Å². The molecular weight excluding hydrogens is 252 g/mol. The Balaban J connectivity index is 1.50. The molecule has 0 spiro atoms. The second-order valence-electron chi connectivity index (χ2n) is 5.33. The van der Waals surface area contributed by atoms with Crippen LogP contribution in [0, 0.1) is 0 Å². The molecule has 1 unspecified atom stereocenters. The van der Waals surface area contributed by atoms with Gasteiger partial charge in [0.1, 0.15) is 0 Å². The predicted octanol–water partition coefficient (Wildman–Crippen LogP) is 3.24. The van der Waals surface area contributed by atoms with Gasteiger partial charge in [-0.25, -0.2) is 0 Å². The topological polar surface area (TPSA) is 15.3 Å². The molecule has 2 nitrogen and oxygen atoms in total. The molecule has 1 N–H and O–H groups in total. The molecule has 1 aromatic rings. The number of thioether (sulfide) groups is 1. The molecule has 19 heavy (non-hydrogen) atoms. The molecule has 0 radical (unpaired) electrons. The van der Waals surface area contributed by atoms with Crippen LogP contribution in [0.5, 0.6) is 0 Å². The number of nitrogens with zero attached hydrogens (tertiary/aromatic N) is 1. The number of likely N-dealkylation sites (tertiary alicyclic amines) is 1. The van der Waals surface area contributed by atoms with Gasteiger partial charge in [-0.3, -0.25) is 0 Å². The largest absolute Gasteiger partial charge is 0.316 e. The lowest BCUT2D eigenvalue weighted by Gasteiger charge is -2.32. The lowest BCUT2D eigenvalue weighted by molar-refractivity contribution is 0.176. The lowest BCUT2D eigenvalue weighted by Crippen LogP contribution is -2.38. The fourth-order valence-corrected chi connectivity index (χ4v) is 3.49. The van der Waals surface area contributed by atoms with Gasteiger partial charge >= 0.3 is 0 Å². The molecule has 2 rings (SSSR count). The summed E-state index contributed by atoms with van der Waals surface area (Å²) in [6.45, 7) is 3.55. The summed E-state index contributed by atoms with van der Waals surface area (Å²) in [6, 6.07) is 11.5. The van der Waals surface area contributed by atoms with Gasteiger partial charge in [-0.1, -0.05) is 24.6 Å². The van der Waals surface area contributed by atoms with Crippen LogP contribution >= 0.6 is 11.8 Å². The van der Waals surface area contributed by atoms with Crippen LogP contribution in [0.15, 0.2) is 35.2 Å². The van der Waals surface area contributed by atoms with Gasteiger partial charge in [0, 0.05) is 23.2 Å². The maximum atomic E-state index is 3.58. The SMILES string of the molecule is CN1CCCCC1CCNCCSc1ccccc1. The van der Waals surface area contributed by atoms with Crippen LogP contribution in [-0.4, -0.2) is 43.4 Å². The van der Waals surface area contributed by atoms with Crippen molar-refractivity contribution in [2.24, 2.45) is 0 Å². The molecule has 0 aromatic heterocycles. The highest BCUT2D eigenvalue weighted by Crippen LogP contribution is 2.17. The first-order valence-electron chi connectivity index (χ1n) is 7.45. The quantitative estimate of drug-likeness (QED) is 0.609. The van der Waals surface area contributed by atoms with E-state index in [9.17, 15) is 0 Å². The Morgan fingerprint density at radius 2 is 2.05 bits per heavy atom. The zero-order chi connectivity index (χ0) is 13.3. The minimum absolute atomic E-state index is 0.808. The van der Waals surface area contributed by atoms with Crippen molar-refractivity contribution in [1.82, 2.24) is 10.2 Å². The smallest absolute Gasteiger partial charge is 0.0106 e. The van der Waals surface area contributed by atoms with Gasteiger partial charge in [0.2, 0.25) is 0 Å². The second-order valence-corrected chi connectivity index (χ2v) is 6.50. The van der Waals surface area contributed by atoms with Crippen LogP contribution in [0.25, 0.3) is 0 Å². The van der Waals surface area contributed by atoms with Crippen molar-refractivity contribution >= 4 is 11.8 Å². The molecule has 0 saturated carbocycles. The van der Waals surface area contributed by atoms with Crippen LogP contribution in [-0.2, 0) is 0 Å². The normalized spacial score (nSPS) is 20.6. The number of benzene rings is 1. The van der Waals surface area contributed by atoms with Crippen molar-refractivity contribution in [1.29, 1.82) is 0 Å². The molecule has 1 aromatic carbocycles. The highest BCUT2D eigenvalue weighted by atomic mass is 32.2. The van der Waals surface area contributed by atoms with Crippen molar-refractivity contribution < 1.29 is 0 Å². The van der Waals surface area contributed by atoms with E-state index in [1.807, 2.05) is 11.8 Å². The lowest BCUT2D eigenvalue weighted by atomic mass is 10.0. The molecular formula is C16H26N2S. The minimum Gasteiger partial charge on any atom is -0.316 e. The van der Waals surface area contributed by atoms with Gasteiger partial charge < -0.3 is 10.2 Å².